The Hall–Kier alpha value is -1.66. The number of carbonyl (C=O) groups is 1. The molecular formula is C14H18BF3NO2-. The number of rotatable bonds is 4. The van der Waals surface area contributed by atoms with E-state index >= 15 is 0 Å². The number of amides is 1. The smallest absolute Gasteiger partial charge is 0.449 e. The number of ether oxygens (including phenoxy) is 1. The van der Waals surface area contributed by atoms with Crippen LogP contribution in [0.1, 0.15) is 31.2 Å². The van der Waals surface area contributed by atoms with E-state index in [0.29, 0.717) is 12.8 Å². The molecule has 3 nitrogen and oxygen atoms in total. The second-order valence-corrected chi connectivity index (χ2v) is 5.44. The standard InChI is InChI=1S/C14H18BF3NO2/c16-15(17,18)12-6-8-13(9-7-12)19-14(20)21-10-11-4-2-1-3-5-11/h1-5,12-13H,6-10H2,(H,19,20)/q-1. The minimum absolute atomic E-state index is 0.0904. The summed E-state index contributed by atoms with van der Waals surface area (Å²) >= 11 is 0. The van der Waals surface area contributed by atoms with Gasteiger partial charge in [0.15, 0.2) is 0 Å². The normalized spacial score (nSPS) is 22.6. The van der Waals surface area contributed by atoms with Crippen LogP contribution in [0.25, 0.3) is 0 Å². The summed E-state index contributed by atoms with van der Waals surface area (Å²) in [5, 5.41) is 2.64. The lowest BCUT2D eigenvalue weighted by Gasteiger charge is -2.34. The van der Waals surface area contributed by atoms with Gasteiger partial charge < -0.3 is 23.0 Å². The third-order valence-corrected chi connectivity index (χ3v) is 3.84. The summed E-state index contributed by atoms with van der Waals surface area (Å²) in [6.45, 7) is -4.60. The lowest BCUT2D eigenvalue weighted by atomic mass is 9.64. The molecule has 0 aromatic heterocycles. The van der Waals surface area contributed by atoms with Crippen LogP contribution < -0.4 is 5.32 Å². The largest absolute Gasteiger partial charge is 0.481 e. The van der Waals surface area contributed by atoms with Gasteiger partial charge in [0.05, 0.1) is 0 Å². The van der Waals surface area contributed by atoms with Crippen molar-refractivity contribution < 1.29 is 22.5 Å². The van der Waals surface area contributed by atoms with Crippen molar-refractivity contribution in [3.8, 4) is 0 Å². The molecule has 21 heavy (non-hydrogen) atoms. The Morgan fingerprint density at radius 2 is 1.76 bits per heavy atom. The molecule has 1 aromatic rings. The number of hydrogen-bond acceptors (Lipinski definition) is 2. The first-order valence-corrected chi connectivity index (χ1v) is 7.12. The van der Waals surface area contributed by atoms with E-state index in [1.807, 2.05) is 30.3 Å². The Labute approximate surface area is 121 Å². The molecule has 0 radical (unpaired) electrons. The maximum Gasteiger partial charge on any atom is 0.481 e. The van der Waals surface area contributed by atoms with E-state index < -0.39 is 18.9 Å². The van der Waals surface area contributed by atoms with Gasteiger partial charge in [0, 0.05) is 6.04 Å². The molecule has 0 spiro atoms. The van der Waals surface area contributed by atoms with E-state index in [9.17, 15) is 17.7 Å². The van der Waals surface area contributed by atoms with Crippen LogP contribution in [0.15, 0.2) is 30.3 Å². The Bertz CT molecular complexity index is 459. The van der Waals surface area contributed by atoms with E-state index in [4.69, 9.17) is 4.74 Å². The van der Waals surface area contributed by atoms with Gasteiger partial charge in [-0.1, -0.05) is 49.0 Å². The first kappa shape index (κ1) is 15.7. The third-order valence-electron chi connectivity index (χ3n) is 3.84. The summed E-state index contributed by atoms with van der Waals surface area (Å²) in [6, 6.07) is 9.01. The van der Waals surface area contributed by atoms with Crippen LogP contribution in [0.4, 0.5) is 17.7 Å². The van der Waals surface area contributed by atoms with E-state index in [0.717, 1.165) is 5.56 Å². The number of carbonyl (C=O) groups excluding carboxylic acids is 1. The molecule has 0 bridgehead atoms. The Morgan fingerprint density at radius 3 is 2.33 bits per heavy atom. The second kappa shape index (κ2) is 6.87. The van der Waals surface area contributed by atoms with Crippen molar-refractivity contribution in [3.05, 3.63) is 35.9 Å². The van der Waals surface area contributed by atoms with E-state index in [1.165, 1.54) is 0 Å². The molecule has 0 atom stereocenters. The van der Waals surface area contributed by atoms with Crippen LogP contribution in [0.5, 0.6) is 0 Å². The Kier molecular flexibility index (Phi) is 5.14. The van der Waals surface area contributed by atoms with Gasteiger partial charge in [-0.3, -0.25) is 0 Å². The van der Waals surface area contributed by atoms with Gasteiger partial charge in [0.2, 0.25) is 0 Å². The van der Waals surface area contributed by atoms with E-state index in [1.54, 1.807) is 0 Å². The summed E-state index contributed by atoms with van der Waals surface area (Å²) in [6.07, 6.45) is 0.318. The molecule has 1 aliphatic rings. The molecule has 0 unspecified atom stereocenters. The molecule has 116 valence electrons. The predicted molar refractivity (Wildman–Crippen MR) is 74.8 cm³/mol. The van der Waals surface area contributed by atoms with Gasteiger partial charge in [0.1, 0.15) is 6.61 Å². The number of hydrogen-bond donors (Lipinski definition) is 1. The minimum atomic E-state index is -4.76. The van der Waals surface area contributed by atoms with Gasteiger partial charge >= 0.3 is 13.1 Å². The summed E-state index contributed by atoms with van der Waals surface area (Å²) in [7, 11) is 0. The monoisotopic (exact) mass is 300 g/mol. The van der Waals surface area contributed by atoms with Crippen LogP contribution in [0, 0.1) is 0 Å². The molecule has 7 heteroatoms. The fraction of sp³-hybridized carbons (Fsp3) is 0.500. The highest BCUT2D eigenvalue weighted by Crippen LogP contribution is 2.39. The highest BCUT2D eigenvalue weighted by Gasteiger charge is 2.37. The van der Waals surface area contributed by atoms with Gasteiger partial charge in [-0.15, -0.1) is 0 Å². The zero-order chi connectivity index (χ0) is 15.3. The molecule has 1 saturated carbocycles. The first-order chi connectivity index (χ1) is 9.95. The van der Waals surface area contributed by atoms with Crippen LogP contribution >= 0.6 is 0 Å². The summed E-state index contributed by atoms with van der Waals surface area (Å²) in [5.74, 6) is -1.18. The Morgan fingerprint density at radius 1 is 1.14 bits per heavy atom. The molecule has 0 saturated heterocycles. The quantitative estimate of drug-likeness (QED) is 0.851. The van der Waals surface area contributed by atoms with Crippen LogP contribution in [-0.2, 0) is 11.3 Å². The minimum Gasteiger partial charge on any atom is -0.449 e. The fourth-order valence-electron chi connectivity index (χ4n) is 2.57. The highest BCUT2D eigenvalue weighted by atomic mass is 19.4. The summed E-state index contributed by atoms with van der Waals surface area (Å²) in [5.41, 5.74) is 0.871. The van der Waals surface area contributed by atoms with Crippen LogP contribution in [-0.4, -0.2) is 19.1 Å². The molecule has 0 aliphatic heterocycles. The van der Waals surface area contributed by atoms with Crippen molar-refractivity contribution in [1.82, 2.24) is 5.32 Å². The van der Waals surface area contributed by atoms with E-state index in [2.05, 4.69) is 5.32 Å². The summed E-state index contributed by atoms with van der Waals surface area (Å²) < 4.78 is 42.8. The zero-order valence-corrected chi connectivity index (χ0v) is 11.6. The molecule has 1 aliphatic carbocycles. The first-order valence-electron chi connectivity index (χ1n) is 7.12. The molecule has 2 rings (SSSR count). The van der Waals surface area contributed by atoms with Crippen LogP contribution in [0.3, 0.4) is 0 Å². The molecule has 1 aromatic carbocycles. The topological polar surface area (TPSA) is 38.3 Å². The lowest BCUT2D eigenvalue weighted by Crippen LogP contribution is -2.39. The van der Waals surface area contributed by atoms with Gasteiger partial charge in [-0.2, -0.15) is 0 Å². The molecule has 1 fully saturated rings. The third kappa shape index (κ3) is 4.99. The molecular weight excluding hydrogens is 282 g/mol. The average molecular weight is 300 g/mol. The highest BCUT2D eigenvalue weighted by molar-refractivity contribution is 6.60. The SMILES string of the molecule is O=C(NC1CCC([B-](F)(F)F)CC1)OCc1ccccc1. The van der Waals surface area contributed by atoms with Crippen molar-refractivity contribution in [2.45, 2.75) is 44.1 Å². The number of nitrogens with one attached hydrogen (secondary N) is 1. The van der Waals surface area contributed by atoms with Crippen molar-refractivity contribution in [3.63, 3.8) is 0 Å². The number of benzene rings is 1. The van der Waals surface area contributed by atoms with Crippen LogP contribution in [0.2, 0.25) is 5.82 Å². The Balaban J connectivity index is 1.70. The second-order valence-electron chi connectivity index (χ2n) is 5.44. The van der Waals surface area contributed by atoms with E-state index in [-0.39, 0.29) is 25.5 Å². The summed E-state index contributed by atoms with van der Waals surface area (Å²) in [4.78, 5) is 11.6. The maximum absolute atomic E-state index is 12.6. The lowest BCUT2D eigenvalue weighted by molar-refractivity contribution is 0.132. The number of alkyl carbamates (subject to hydrolysis) is 1. The maximum atomic E-state index is 12.6. The van der Waals surface area contributed by atoms with Gasteiger partial charge in [0.25, 0.3) is 0 Å². The zero-order valence-electron chi connectivity index (χ0n) is 11.6. The molecule has 1 amide bonds. The number of halogens is 3. The van der Waals surface area contributed by atoms with Crippen molar-refractivity contribution in [2.24, 2.45) is 0 Å². The average Bonchev–Trinajstić information content (AvgIpc) is 2.46. The van der Waals surface area contributed by atoms with Crippen molar-refractivity contribution in [2.75, 3.05) is 0 Å². The van der Waals surface area contributed by atoms with Crippen molar-refractivity contribution in [1.29, 1.82) is 0 Å². The predicted octanol–water partition coefficient (Wildman–Crippen LogP) is 4.07. The van der Waals surface area contributed by atoms with Gasteiger partial charge in [-0.25, -0.2) is 4.79 Å². The fourth-order valence-corrected chi connectivity index (χ4v) is 2.57. The van der Waals surface area contributed by atoms with Crippen molar-refractivity contribution >= 4 is 13.1 Å². The molecule has 0 heterocycles. The molecule has 1 N–H and O–H groups in total. The van der Waals surface area contributed by atoms with Gasteiger partial charge in [-0.05, 0) is 18.4 Å².